The van der Waals surface area contributed by atoms with Crippen LogP contribution in [0.4, 0.5) is 4.39 Å². The highest BCUT2D eigenvalue weighted by molar-refractivity contribution is 5.66. The van der Waals surface area contributed by atoms with Crippen LogP contribution in [0.5, 0.6) is 0 Å². The third-order valence-electron chi connectivity index (χ3n) is 4.60. The molecule has 0 saturated carbocycles. The lowest BCUT2D eigenvalue weighted by Gasteiger charge is -2.18. The van der Waals surface area contributed by atoms with E-state index in [0.717, 1.165) is 28.1 Å². The molecule has 4 rings (SSSR count). The van der Waals surface area contributed by atoms with Crippen LogP contribution in [0.25, 0.3) is 11.1 Å². The number of nitrogens with zero attached hydrogens (tertiary/aromatic N) is 4. The van der Waals surface area contributed by atoms with Crippen molar-refractivity contribution < 1.29 is 4.39 Å². The molecule has 134 valence electrons. The van der Waals surface area contributed by atoms with Crippen LogP contribution in [0, 0.1) is 5.82 Å². The summed E-state index contributed by atoms with van der Waals surface area (Å²) in [6, 6.07) is 16.7. The lowest BCUT2D eigenvalue weighted by molar-refractivity contribution is 0.627. The molecular formula is C22H19FN4. The van der Waals surface area contributed by atoms with Crippen molar-refractivity contribution in [1.29, 1.82) is 0 Å². The van der Waals surface area contributed by atoms with Crippen LogP contribution >= 0.6 is 0 Å². The summed E-state index contributed by atoms with van der Waals surface area (Å²) in [7, 11) is 1.85. The SMILES string of the molecule is Cn1cc(-c2cc(F)ccc2CC(c2ccccn2)c2ccccn2)cn1. The van der Waals surface area contributed by atoms with E-state index in [1.807, 2.05) is 55.7 Å². The summed E-state index contributed by atoms with van der Waals surface area (Å²) < 4.78 is 15.7. The second-order valence-corrected chi connectivity index (χ2v) is 6.47. The van der Waals surface area contributed by atoms with Gasteiger partial charge < -0.3 is 0 Å². The van der Waals surface area contributed by atoms with Crippen LogP contribution in [-0.2, 0) is 13.5 Å². The van der Waals surface area contributed by atoms with Gasteiger partial charge in [-0.05, 0) is 53.9 Å². The van der Waals surface area contributed by atoms with Gasteiger partial charge in [0.05, 0.1) is 6.20 Å². The zero-order chi connectivity index (χ0) is 18.6. The molecule has 27 heavy (non-hydrogen) atoms. The molecule has 4 nitrogen and oxygen atoms in total. The molecule has 3 heterocycles. The van der Waals surface area contributed by atoms with E-state index in [1.165, 1.54) is 6.07 Å². The third kappa shape index (κ3) is 3.77. The van der Waals surface area contributed by atoms with Crippen LogP contribution in [0.2, 0.25) is 0 Å². The number of pyridine rings is 2. The Bertz CT molecular complexity index is 989. The van der Waals surface area contributed by atoms with Gasteiger partial charge in [0.2, 0.25) is 0 Å². The highest BCUT2D eigenvalue weighted by Crippen LogP contribution is 2.31. The van der Waals surface area contributed by atoms with Crippen molar-refractivity contribution in [3.63, 3.8) is 0 Å². The van der Waals surface area contributed by atoms with Crippen molar-refractivity contribution in [3.8, 4) is 11.1 Å². The maximum absolute atomic E-state index is 14.0. The molecule has 0 aliphatic carbocycles. The Kier molecular flexibility index (Phi) is 4.75. The molecule has 0 aliphatic heterocycles. The Hall–Kier alpha value is -3.34. The first-order valence-corrected chi connectivity index (χ1v) is 8.80. The maximum Gasteiger partial charge on any atom is 0.123 e. The summed E-state index contributed by atoms with van der Waals surface area (Å²) in [5, 5.41) is 4.23. The van der Waals surface area contributed by atoms with E-state index < -0.39 is 0 Å². The third-order valence-corrected chi connectivity index (χ3v) is 4.60. The molecule has 0 spiro atoms. The van der Waals surface area contributed by atoms with Gasteiger partial charge in [-0.2, -0.15) is 5.10 Å². The fourth-order valence-electron chi connectivity index (χ4n) is 3.30. The normalized spacial score (nSPS) is 11.1. The van der Waals surface area contributed by atoms with Gasteiger partial charge in [-0.1, -0.05) is 18.2 Å². The molecule has 0 aliphatic rings. The van der Waals surface area contributed by atoms with Crippen LogP contribution in [-0.4, -0.2) is 19.7 Å². The minimum absolute atomic E-state index is 0.0201. The van der Waals surface area contributed by atoms with E-state index in [9.17, 15) is 4.39 Å². The van der Waals surface area contributed by atoms with Gasteiger partial charge >= 0.3 is 0 Å². The van der Waals surface area contributed by atoms with Gasteiger partial charge in [0, 0.05) is 48.5 Å². The van der Waals surface area contributed by atoms with E-state index in [0.29, 0.717) is 6.42 Å². The number of hydrogen-bond donors (Lipinski definition) is 0. The zero-order valence-electron chi connectivity index (χ0n) is 15.0. The van der Waals surface area contributed by atoms with Gasteiger partial charge in [0.25, 0.3) is 0 Å². The molecule has 0 atom stereocenters. The first-order valence-electron chi connectivity index (χ1n) is 8.80. The number of aryl methyl sites for hydroxylation is 1. The van der Waals surface area contributed by atoms with Gasteiger partial charge in [-0.15, -0.1) is 0 Å². The minimum atomic E-state index is -0.259. The summed E-state index contributed by atoms with van der Waals surface area (Å²) in [5.41, 5.74) is 4.66. The number of rotatable bonds is 5. The average molecular weight is 358 g/mol. The lowest BCUT2D eigenvalue weighted by atomic mass is 9.88. The van der Waals surface area contributed by atoms with Crippen molar-refractivity contribution in [2.75, 3.05) is 0 Å². The van der Waals surface area contributed by atoms with E-state index in [4.69, 9.17) is 0 Å². The predicted octanol–water partition coefficient (Wildman–Crippen LogP) is 4.39. The van der Waals surface area contributed by atoms with Crippen molar-refractivity contribution in [3.05, 3.63) is 102 Å². The zero-order valence-corrected chi connectivity index (χ0v) is 15.0. The Morgan fingerprint density at radius 1 is 0.963 bits per heavy atom. The molecule has 0 N–H and O–H groups in total. The fourth-order valence-corrected chi connectivity index (χ4v) is 3.30. The van der Waals surface area contributed by atoms with Crippen molar-refractivity contribution in [1.82, 2.24) is 19.7 Å². The van der Waals surface area contributed by atoms with Crippen LogP contribution in [0.3, 0.4) is 0 Å². The number of benzene rings is 1. The van der Waals surface area contributed by atoms with Crippen molar-refractivity contribution in [2.24, 2.45) is 7.05 Å². The number of aromatic nitrogens is 4. The van der Waals surface area contributed by atoms with Crippen molar-refractivity contribution in [2.45, 2.75) is 12.3 Å². The Morgan fingerprint density at radius 3 is 2.22 bits per heavy atom. The molecule has 0 saturated heterocycles. The smallest absolute Gasteiger partial charge is 0.123 e. The molecule has 4 aromatic rings. The standard InChI is InChI=1S/C22H19FN4/c1-27-15-17(14-26-27)19-13-18(23)9-8-16(19)12-20(21-6-2-4-10-24-21)22-7-3-5-11-25-22/h2-11,13-15,20H,12H2,1H3. The average Bonchev–Trinajstić information content (AvgIpc) is 3.14. The molecule has 0 amide bonds. The van der Waals surface area contributed by atoms with Crippen LogP contribution in [0.1, 0.15) is 22.9 Å². The Morgan fingerprint density at radius 2 is 1.67 bits per heavy atom. The summed E-state index contributed by atoms with van der Waals surface area (Å²) in [6.45, 7) is 0. The molecule has 3 aromatic heterocycles. The van der Waals surface area contributed by atoms with E-state index in [-0.39, 0.29) is 11.7 Å². The maximum atomic E-state index is 14.0. The highest BCUT2D eigenvalue weighted by Gasteiger charge is 2.20. The molecule has 1 aromatic carbocycles. The topological polar surface area (TPSA) is 43.6 Å². The monoisotopic (exact) mass is 358 g/mol. The van der Waals surface area contributed by atoms with E-state index in [1.54, 1.807) is 29.3 Å². The summed E-state index contributed by atoms with van der Waals surface area (Å²) in [4.78, 5) is 9.09. The molecule has 0 radical (unpaired) electrons. The van der Waals surface area contributed by atoms with Gasteiger partial charge in [0.1, 0.15) is 5.82 Å². The first kappa shape index (κ1) is 17.1. The van der Waals surface area contributed by atoms with E-state index in [2.05, 4.69) is 15.1 Å². The number of hydrogen-bond acceptors (Lipinski definition) is 3. The Balaban J connectivity index is 1.78. The van der Waals surface area contributed by atoms with E-state index >= 15 is 0 Å². The summed E-state index contributed by atoms with van der Waals surface area (Å²) >= 11 is 0. The van der Waals surface area contributed by atoms with Crippen LogP contribution < -0.4 is 0 Å². The lowest BCUT2D eigenvalue weighted by Crippen LogP contribution is -2.09. The second-order valence-electron chi connectivity index (χ2n) is 6.47. The minimum Gasteiger partial charge on any atom is -0.275 e. The first-order chi connectivity index (χ1) is 13.2. The Labute approximate surface area is 157 Å². The molecular weight excluding hydrogens is 339 g/mol. The number of halogens is 1. The predicted molar refractivity (Wildman–Crippen MR) is 103 cm³/mol. The quantitative estimate of drug-likeness (QED) is 0.531. The van der Waals surface area contributed by atoms with Gasteiger partial charge in [-0.3, -0.25) is 14.6 Å². The van der Waals surface area contributed by atoms with Gasteiger partial charge in [0.15, 0.2) is 0 Å². The molecule has 0 bridgehead atoms. The molecule has 0 unspecified atom stereocenters. The molecule has 5 heteroatoms. The molecule has 0 fully saturated rings. The second kappa shape index (κ2) is 7.50. The van der Waals surface area contributed by atoms with Gasteiger partial charge in [-0.25, -0.2) is 4.39 Å². The summed E-state index contributed by atoms with van der Waals surface area (Å²) in [5.74, 6) is -0.280. The van der Waals surface area contributed by atoms with Crippen molar-refractivity contribution >= 4 is 0 Å². The van der Waals surface area contributed by atoms with Crippen LogP contribution in [0.15, 0.2) is 79.4 Å². The highest BCUT2D eigenvalue weighted by atomic mass is 19.1. The largest absolute Gasteiger partial charge is 0.275 e. The fraction of sp³-hybridized carbons (Fsp3) is 0.136. The summed E-state index contributed by atoms with van der Waals surface area (Å²) in [6.07, 6.45) is 7.90.